The smallest absolute Gasteiger partial charge is 0.323 e. The molecular weight excluding hydrogens is 669 g/mol. The van der Waals surface area contributed by atoms with E-state index in [1.807, 2.05) is 91.0 Å². The number of hydrogen-bond donors (Lipinski definition) is 4. The van der Waals surface area contributed by atoms with E-state index >= 15 is 0 Å². The summed E-state index contributed by atoms with van der Waals surface area (Å²) in [6.07, 6.45) is -2.59. The van der Waals surface area contributed by atoms with Gasteiger partial charge in [0.2, 0.25) is 0 Å². The first-order chi connectivity index (χ1) is 24.5. The number of aliphatic hydroxyl groups excluding tert-OH is 2. The van der Waals surface area contributed by atoms with Crippen LogP contribution in [0.5, 0.6) is 5.75 Å². The Hall–Kier alpha value is -4.51. The minimum Gasteiger partial charge on any atom is -0.482 e. The molecule has 1 aliphatic rings. The van der Waals surface area contributed by atoms with E-state index in [1.54, 1.807) is 41.0 Å². The van der Waals surface area contributed by atoms with Crippen molar-refractivity contribution in [1.29, 1.82) is 0 Å². The van der Waals surface area contributed by atoms with Crippen molar-refractivity contribution in [3.8, 4) is 5.75 Å². The van der Waals surface area contributed by atoms with Gasteiger partial charge in [0.15, 0.2) is 6.35 Å². The van der Waals surface area contributed by atoms with Crippen molar-refractivity contribution in [2.24, 2.45) is 0 Å². The quantitative estimate of drug-likeness (QED) is 0.0971. The van der Waals surface area contributed by atoms with Gasteiger partial charge in [-0.15, -0.1) is 0 Å². The Labute approximate surface area is 299 Å². The van der Waals surface area contributed by atoms with Gasteiger partial charge >= 0.3 is 19.5 Å². The minimum atomic E-state index is -4.05. The SMILES string of the molecule is CCOC(=O)[C@H](C)NP(=O)(O)COc1ccc(C[C@@H]2[C@H](O)[C@@H](O)[C@@H](Cc3ccccc3)N(Cc3ccccc3)C(=O)N2Cc2ccccc2)cc1. The third-order valence-electron chi connectivity index (χ3n) is 8.92. The molecule has 1 unspecified atom stereocenters. The number of aliphatic hydroxyl groups is 2. The van der Waals surface area contributed by atoms with Crippen molar-refractivity contribution in [1.82, 2.24) is 14.9 Å². The van der Waals surface area contributed by atoms with Crippen LogP contribution in [-0.4, -0.2) is 80.2 Å². The van der Waals surface area contributed by atoms with Crippen LogP contribution in [0.4, 0.5) is 4.79 Å². The lowest BCUT2D eigenvalue weighted by atomic mass is 9.91. The maximum absolute atomic E-state index is 14.8. The third-order valence-corrected chi connectivity index (χ3v) is 10.2. The van der Waals surface area contributed by atoms with Crippen LogP contribution in [0, 0.1) is 0 Å². The molecule has 12 heteroatoms. The van der Waals surface area contributed by atoms with Crippen LogP contribution in [0.25, 0.3) is 0 Å². The number of esters is 1. The molecule has 11 nitrogen and oxygen atoms in total. The van der Waals surface area contributed by atoms with E-state index in [0.29, 0.717) is 12.2 Å². The Morgan fingerprint density at radius 2 is 1.18 bits per heavy atom. The third kappa shape index (κ3) is 10.3. The summed E-state index contributed by atoms with van der Waals surface area (Å²) in [5, 5.41) is 26.3. The van der Waals surface area contributed by atoms with Gasteiger partial charge in [-0.2, -0.15) is 0 Å². The topological polar surface area (TPSA) is 149 Å². The number of nitrogens with one attached hydrogen (secondary N) is 1. The zero-order valence-corrected chi connectivity index (χ0v) is 29.7. The molecule has 51 heavy (non-hydrogen) atoms. The summed E-state index contributed by atoms with van der Waals surface area (Å²) >= 11 is 0. The Kier molecular flexibility index (Phi) is 13.0. The van der Waals surface area contributed by atoms with Gasteiger partial charge < -0.3 is 34.4 Å². The van der Waals surface area contributed by atoms with E-state index in [-0.39, 0.29) is 32.1 Å². The molecule has 0 saturated carbocycles. The van der Waals surface area contributed by atoms with Crippen LogP contribution in [0.15, 0.2) is 115 Å². The Bertz CT molecular complexity index is 1750. The molecule has 4 aromatic carbocycles. The fourth-order valence-electron chi connectivity index (χ4n) is 6.31. The molecule has 0 bridgehead atoms. The first-order valence-corrected chi connectivity index (χ1v) is 18.9. The molecule has 0 aromatic heterocycles. The predicted octanol–water partition coefficient (Wildman–Crippen LogP) is 5.13. The molecule has 6 atom stereocenters. The van der Waals surface area contributed by atoms with Crippen molar-refractivity contribution >= 4 is 19.5 Å². The maximum atomic E-state index is 14.8. The standard InChI is InChI=1S/C39H46N3O8P/c1-3-49-38(45)28(2)40-51(47,48)27-50-33-21-19-30(20-22-33)24-35-37(44)36(43)34(23-29-13-7-4-8-14-29)41(25-31-15-9-5-10-16-31)39(46)42(35)26-32-17-11-6-12-18-32/h4-22,28,34-37,43-44H,3,23-27H2,1-2H3,(H2,40,47,48)/t28-,34+,35+,36-,37-/m0/s1. The molecule has 0 spiro atoms. The summed E-state index contributed by atoms with van der Waals surface area (Å²) in [5.74, 6) is -0.328. The van der Waals surface area contributed by atoms with Crippen molar-refractivity contribution in [3.05, 3.63) is 138 Å². The van der Waals surface area contributed by atoms with Gasteiger partial charge in [0.25, 0.3) is 0 Å². The second-order valence-electron chi connectivity index (χ2n) is 12.7. The average Bonchev–Trinajstić information content (AvgIpc) is 3.19. The van der Waals surface area contributed by atoms with Gasteiger partial charge in [-0.05, 0) is 61.1 Å². The summed E-state index contributed by atoms with van der Waals surface area (Å²) in [6.45, 7) is 3.69. The summed E-state index contributed by atoms with van der Waals surface area (Å²) in [4.78, 5) is 40.3. The van der Waals surface area contributed by atoms with Crippen LogP contribution in [0.2, 0.25) is 0 Å². The van der Waals surface area contributed by atoms with E-state index < -0.39 is 50.2 Å². The second kappa shape index (κ2) is 17.6. The van der Waals surface area contributed by atoms with E-state index in [2.05, 4.69) is 5.09 Å². The summed E-state index contributed by atoms with van der Waals surface area (Å²) in [5.41, 5.74) is 3.46. The lowest BCUT2D eigenvalue weighted by Crippen LogP contribution is -2.50. The number of carbonyl (C=O) groups is 2. The van der Waals surface area contributed by atoms with E-state index in [9.17, 15) is 29.3 Å². The van der Waals surface area contributed by atoms with Crippen LogP contribution >= 0.6 is 7.52 Å². The molecule has 1 saturated heterocycles. The van der Waals surface area contributed by atoms with E-state index in [1.165, 1.54) is 6.92 Å². The zero-order chi connectivity index (χ0) is 36.4. The molecule has 4 N–H and O–H groups in total. The summed E-state index contributed by atoms with van der Waals surface area (Å²) in [7, 11) is -4.05. The molecule has 1 aliphatic heterocycles. The monoisotopic (exact) mass is 715 g/mol. The molecule has 0 aliphatic carbocycles. The lowest BCUT2D eigenvalue weighted by Gasteiger charge is -2.36. The first kappa shape index (κ1) is 37.7. The molecule has 4 aromatic rings. The highest BCUT2D eigenvalue weighted by Gasteiger charge is 2.46. The number of hydrogen-bond acceptors (Lipinski definition) is 7. The highest BCUT2D eigenvalue weighted by atomic mass is 31.2. The number of urea groups is 1. The van der Waals surface area contributed by atoms with Gasteiger partial charge in [-0.3, -0.25) is 9.36 Å². The molecular formula is C39H46N3O8P. The number of amides is 2. The number of carbonyl (C=O) groups excluding carboxylic acids is 2. The molecule has 2 amide bonds. The lowest BCUT2D eigenvalue weighted by molar-refractivity contribution is -0.144. The minimum absolute atomic E-state index is 0.151. The molecule has 1 heterocycles. The highest BCUT2D eigenvalue weighted by molar-refractivity contribution is 7.55. The van der Waals surface area contributed by atoms with E-state index in [0.717, 1.165) is 22.3 Å². The number of nitrogens with zero attached hydrogens (tertiary/aromatic N) is 2. The average molecular weight is 716 g/mol. The van der Waals surface area contributed by atoms with Crippen LogP contribution in [0.3, 0.4) is 0 Å². The van der Waals surface area contributed by atoms with Gasteiger partial charge in [0, 0.05) is 13.1 Å². The number of rotatable bonds is 15. The van der Waals surface area contributed by atoms with Gasteiger partial charge in [-0.1, -0.05) is 103 Å². The maximum Gasteiger partial charge on any atom is 0.323 e. The zero-order valence-electron chi connectivity index (χ0n) is 28.8. The van der Waals surface area contributed by atoms with Crippen molar-refractivity contribution in [2.75, 3.05) is 13.0 Å². The fourth-order valence-corrected chi connectivity index (χ4v) is 7.41. The summed E-state index contributed by atoms with van der Waals surface area (Å²) < 4.78 is 23.1. The predicted molar refractivity (Wildman–Crippen MR) is 194 cm³/mol. The normalized spacial score (nSPS) is 21.0. The molecule has 1 fully saturated rings. The van der Waals surface area contributed by atoms with Gasteiger partial charge in [0.1, 0.15) is 24.0 Å². The Morgan fingerprint density at radius 1 is 0.745 bits per heavy atom. The summed E-state index contributed by atoms with van der Waals surface area (Å²) in [6, 6.07) is 32.8. The molecule has 270 valence electrons. The molecule has 0 radical (unpaired) electrons. The highest BCUT2D eigenvalue weighted by Crippen LogP contribution is 2.37. The van der Waals surface area contributed by atoms with Crippen LogP contribution < -0.4 is 9.82 Å². The van der Waals surface area contributed by atoms with Crippen LogP contribution in [-0.2, 0) is 40.0 Å². The Morgan fingerprint density at radius 3 is 1.63 bits per heavy atom. The van der Waals surface area contributed by atoms with Crippen molar-refractivity contribution < 1.29 is 38.7 Å². The Balaban J connectivity index is 1.40. The molecule has 5 rings (SSSR count). The van der Waals surface area contributed by atoms with Crippen molar-refractivity contribution in [3.63, 3.8) is 0 Å². The number of ether oxygens (including phenoxy) is 2. The largest absolute Gasteiger partial charge is 0.482 e. The van der Waals surface area contributed by atoms with Crippen molar-refractivity contribution in [2.45, 2.75) is 70.1 Å². The van der Waals surface area contributed by atoms with Gasteiger partial charge in [-0.25, -0.2) is 9.88 Å². The fraction of sp³-hybridized carbons (Fsp3) is 0.333. The first-order valence-electron chi connectivity index (χ1n) is 17.1. The van der Waals surface area contributed by atoms with Gasteiger partial charge in [0.05, 0.1) is 18.7 Å². The number of benzene rings is 4. The second-order valence-corrected chi connectivity index (χ2v) is 14.7. The van der Waals surface area contributed by atoms with E-state index in [4.69, 9.17) is 9.47 Å². The van der Waals surface area contributed by atoms with Crippen LogP contribution in [0.1, 0.15) is 36.1 Å².